The maximum absolute atomic E-state index is 6.22. The number of halogens is 1. The van der Waals surface area contributed by atoms with Crippen molar-refractivity contribution < 1.29 is 4.74 Å². The van der Waals surface area contributed by atoms with Crippen molar-refractivity contribution in [3.8, 4) is 0 Å². The Morgan fingerprint density at radius 2 is 2.14 bits per heavy atom. The summed E-state index contributed by atoms with van der Waals surface area (Å²) in [6.07, 6.45) is 5.32. The van der Waals surface area contributed by atoms with E-state index < -0.39 is 0 Å². The van der Waals surface area contributed by atoms with Gasteiger partial charge in [0.2, 0.25) is 0 Å². The van der Waals surface area contributed by atoms with E-state index in [4.69, 9.17) is 15.5 Å². The molecule has 1 saturated heterocycles. The predicted molar refractivity (Wildman–Crippen MR) is 103 cm³/mol. The highest BCUT2D eigenvalue weighted by molar-refractivity contribution is 14.0. The van der Waals surface area contributed by atoms with Gasteiger partial charge in [0.15, 0.2) is 5.96 Å². The van der Waals surface area contributed by atoms with E-state index in [2.05, 4.69) is 37.7 Å². The second kappa shape index (κ2) is 8.68. The van der Waals surface area contributed by atoms with Gasteiger partial charge < -0.3 is 20.3 Å². The average molecular weight is 424 g/mol. The Morgan fingerprint density at radius 3 is 2.73 bits per heavy atom. The molecule has 2 rings (SSSR count). The van der Waals surface area contributed by atoms with Crippen LogP contribution in [-0.4, -0.2) is 67.7 Å². The summed E-state index contributed by atoms with van der Waals surface area (Å²) in [6, 6.07) is 0. The minimum absolute atomic E-state index is 0. The van der Waals surface area contributed by atoms with Crippen molar-refractivity contribution in [3.63, 3.8) is 0 Å². The van der Waals surface area contributed by atoms with Crippen LogP contribution in [0.25, 0.3) is 0 Å². The molecule has 3 unspecified atom stereocenters. The summed E-state index contributed by atoms with van der Waals surface area (Å²) >= 11 is 0. The van der Waals surface area contributed by atoms with Gasteiger partial charge in [0.25, 0.3) is 0 Å². The van der Waals surface area contributed by atoms with E-state index in [-0.39, 0.29) is 35.6 Å². The van der Waals surface area contributed by atoms with E-state index in [9.17, 15) is 0 Å². The molecule has 6 heteroatoms. The molecule has 0 spiro atoms. The molecule has 22 heavy (non-hydrogen) atoms. The van der Waals surface area contributed by atoms with Crippen LogP contribution < -0.4 is 5.73 Å². The van der Waals surface area contributed by atoms with Crippen molar-refractivity contribution in [3.05, 3.63) is 0 Å². The first kappa shape index (κ1) is 20.0. The largest absolute Gasteiger partial charge is 0.375 e. The molecule has 0 aromatic carbocycles. The van der Waals surface area contributed by atoms with Crippen molar-refractivity contribution in [1.82, 2.24) is 9.80 Å². The second-order valence-electron chi connectivity index (χ2n) is 7.12. The molecule has 1 saturated carbocycles. The quantitative estimate of drug-likeness (QED) is 0.429. The predicted octanol–water partition coefficient (Wildman–Crippen LogP) is 2.15. The fourth-order valence-electron chi connectivity index (χ4n) is 3.68. The molecule has 2 aliphatic rings. The number of ether oxygens (including phenoxy) is 1. The Balaban J connectivity index is 0.00000242. The van der Waals surface area contributed by atoms with Crippen LogP contribution in [0.1, 0.15) is 39.5 Å². The van der Waals surface area contributed by atoms with Crippen LogP contribution in [0.2, 0.25) is 0 Å². The molecule has 1 aliphatic heterocycles. The van der Waals surface area contributed by atoms with Gasteiger partial charge >= 0.3 is 0 Å². The van der Waals surface area contributed by atoms with E-state index in [0.717, 1.165) is 32.2 Å². The number of hydrogen-bond acceptors (Lipinski definition) is 3. The molecule has 0 bridgehead atoms. The molecule has 1 aliphatic carbocycles. The zero-order valence-corrected chi connectivity index (χ0v) is 16.9. The van der Waals surface area contributed by atoms with Gasteiger partial charge in [-0.1, -0.05) is 19.8 Å². The fraction of sp³-hybridized carbons (Fsp3) is 0.938. The van der Waals surface area contributed by atoms with Crippen molar-refractivity contribution in [2.45, 2.75) is 51.2 Å². The molecule has 5 nitrogen and oxygen atoms in total. The average Bonchev–Trinajstić information content (AvgIpc) is 2.44. The molecule has 130 valence electrons. The van der Waals surface area contributed by atoms with Gasteiger partial charge in [-0.3, -0.25) is 4.99 Å². The number of likely N-dealkylation sites (N-methyl/N-ethyl adjacent to an activating group) is 1. The first-order chi connectivity index (χ1) is 9.93. The number of hydrogen-bond donors (Lipinski definition) is 1. The van der Waals surface area contributed by atoms with E-state index in [0.29, 0.717) is 5.96 Å². The maximum atomic E-state index is 6.22. The molecule has 2 fully saturated rings. The van der Waals surface area contributed by atoms with E-state index in [1.807, 2.05) is 0 Å². The summed E-state index contributed by atoms with van der Waals surface area (Å²) in [5.41, 5.74) is 6.40. The standard InChI is InChI=1S/C16H32N4O.HI/c1-13-6-5-7-16(10-13,19(3)4)12-18-15(17)20-8-9-21-14(2)11-20;/h13-14H,5-12H2,1-4H3,(H2,17,18);1H. The van der Waals surface area contributed by atoms with Crippen LogP contribution in [0.3, 0.4) is 0 Å². The summed E-state index contributed by atoms with van der Waals surface area (Å²) in [6.45, 7) is 7.69. The van der Waals surface area contributed by atoms with Gasteiger partial charge in [-0.15, -0.1) is 24.0 Å². The van der Waals surface area contributed by atoms with Crippen LogP contribution in [0.5, 0.6) is 0 Å². The highest BCUT2D eigenvalue weighted by Crippen LogP contribution is 2.35. The van der Waals surface area contributed by atoms with Crippen LogP contribution in [0.15, 0.2) is 4.99 Å². The number of guanidine groups is 1. The van der Waals surface area contributed by atoms with Gasteiger partial charge in [0.1, 0.15) is 0 Å². The van der Waals surface area contributed by atoms with Gasteiger partial charge in [-0.25, -0.2) is 0 Å². The van der Waals surface area contributed by atoms with Gasteiger partial charge in [-0.2, -0.15) is 0 Å². The smallest absolute Gasteiger partial charge is 0.191 e. The summed E-state index contributed by atoms with van der Waals surface area (Å²) in [4.78, 5) is 9.28. The monoisotopic (exact) mass is 424 g/mol. The van der Waals surface area contributed by atoms with Crippen molar-refractivity contribution in [1.29, 1.82) is 0 Å². The molecule has 0 aromatic heterocycles. The first-order valence-electron chi connectivity index (χ1n) is 8.27. The molecule has 0 amide bonds. The van der Waals surface area contributed by atoms with Crippen LogP contribution >= 0.6 is 24.0 Å². The lowest BCUT2D eigenvalue weighted by molar-refractivity contribution is 0.00508. The first-order valence-corrected chi connectivity index (χ1v) is 8.27. The topological polar surface area (TPSA) is 54.1 Å². The Bertz CT molecular complexity index is 377. The second-order valence-corrected chi connectivity index (χ2v) is 7.12. The highest BCUT2D eigenvalue weighted by atomic mass is 127. The Kier molecular flexibility index (Phi) is 7.88. The van der Waals surface area contributed by atoms with Crippen LogP contribution in [-0.2, 0) is 4.74 Å². The zero-order chi connectivity index (χ0) is 15.5. The minimum Gasteiger partial charge on any atom is -0.375 e. The summed E-state index contributed by atoms with van der Waals surface area (Å²) in [7, 11) is 4.36. The van der Waals surface area contributed by atoms with Gasteiger partial charge in [0.05, 0.1) is 19.3 Å². The molecule has 1 heterocycles. The normalized spacial score (nSPS) is 33.7. The lowest BCUT2D eigenvalue weighted by Gasteiger charge is -2.44. The van der Waals surface area contributed by atoms with Gasteiger partial charge in [0, 0.05) is 18.6 Å². The Labute approximate surface area is 152 Å². The molecule has 2 N–H and O–H groups in total. The number of aliphatic imine (C=N–C) groups is 1. The number of morpholine rings is 1. The number of nitrogens with two attached hydrogens (primary N) is 1. The molecular formula is C16H33IN4O. The fourth-order valence-corrected chi connectivity index (χ4v) is 3.68. The molecule has 3 atom stereocenters. The third kappa shape index (κ3) is 4.96. The SMILES string of the molecule is CC1CCCC(CN=C(N)N2CCOC(C)C2)(N(C)C)C1.I. The van der Waals surface area contributed by atoms with E-state index >= 15 is 0 Å². The molecule has 0 aromatic rings. The number of nitrogens with zero attached hydrogens (tertiary/aromatic N) is 3. The number of rotatable bonds is 3. The Morgan fingerprint density at radius 1 is 1.41 bits per heavy atom. The zero-order valence-electron chi connectivity index (χ0n) is 14.5. The van der Waals surface area contributed by atoms with Crippen molar-refractivity contribution in [2.24, 2.45) is 16.6 Å². The lowest BCUT2D eigenvalue weighted by Crippen LogP contribution is -2.52. The van der Waals surface area contributed by atoms with Gasteiger partial charge in [-0.05, 0) is 39.8 Å². The van der Waals surface area contributed by atoms with Crippen LogP contribution in [0, 0.1) is 5.92 Å². The van der Waals surface area contributed by atoms with E-state index in [1.165, 1.54) is 25.7 Å². The maximum Gasteiger partial charge on any atom is 0.191 e. The summed E-state index contributed by atoms with van der Waals surface area (Å²) in [5.74, 6) is 1.46. The molecule has 0 radical (unpaired) electrons. The minimum atomic E-state index is 0. The van der Waals surface area contributed by atoms with Crippen molar-refractivity contribution in [2.75, 3.05) is 40.3 Å². The lowest BCUT2D eigenvalue weighted by atomic mass is 9.75. The van der Waals surface area contributed by atoms with E-state index in [1.54, 1.807) is 0 Å². The Hall–Kier alpha value is -0.0800. The summed E-state index contributed by atoms with van der Waals surface area (Å²) < 4.78 is 5.56. The van der Waals surface area contributed by atoms with Crippen molar-refractivity contribution >= 4 is 29.9 Å². The third-order valence-electron chi connectivity index (χ3n) is 5.12. The molecular weight excluding hydrogens is 391 g/mol. The summed E-state index contributed by atoms with van der Waals surface area (Å²) in [5, 5.41) is 0. The third-order valence-corrected chi connectivity index (χ3v) is 5.12. The highest BCUT2D eigenvalue weighted by Gasteiger charge is 2.37. The van der Waals surface area contributed by atoms with Crippen LogP contribution in [0.4, 0.5) is 0 Å².